The third-order valence-electron chi connectivity index (χ3n) is 3.59. The van der Waals surface area contributed by atoms with E-state index in [0.717, 1.165) is 28.4 Å². The zero-order valence-corrected chi connectivity index (χ0v) is 12.9. The summed E-state index contributed by atoms with van der Waals surface area (Å²) in [4.78, 5) is 4.70. The van der Waals surface area contributed by atoms with Gasteiger partial charge in [-0.1, -0.05) is 29.8 Å². The molecular weight excluding hydrogens is 282 g/mol. The number of fused-ring (bicyclic) bond motifs is 1. The van der Waals surface area contributed by atoms with Crippen molar-refractivity contribution < 1.29 is 0 Å². The van der Waals surface area contributed by atoms with E-state index >= 15 is 0 Å². The summed E-state index contributed by atoms with van der Waals surface area (Å²) in [5, 5.41) is 0.747. The molecule has 0 aliphatic heterocycles. The fourth-order valence-corrected chi connectivity index (χ4v) is 2.67. The maximum atomic E-state index is 6.09. The summed E-state index contributed by atoms with van der Waals surface area (Å²) in [5.41, 5.74) is 10.6. The summed E-state index contributed by atoms with van der Waals surface area (Å²) in [6, 6.07) is 14.1. The number of benzene rings is 2. The van der Waals surface area contributed by atoms with E-state index in [1.54, 1.807) is 0 Å². The lowest BCUT2D eigenvalue weighted by atomic mass is 10.2. The fraction of sp³-hybridized carbons (Fsp3) is 0.235. The van der Waals surface area contributed by atoms with Gasteiger partial charge in [0.15, 0.2) is 0 Å². The Labute approximate surface area is 129 Å². The number of imidazole rings is 1. The van der Waals surface area contributed by atoms with Crippen molar-refractivity contribution in [1.82, 2.24) is 9.55 Å². The molecule has 1 heterocycles. The van der Waals surface area contributed by atoms with E-state index in [1.807, 2.05) is 31.2 Å². The molecule has 108 valence electrons. The Hall–Kier alpha value is -1.84. The Morgan fingerprint density at radius 2 is 1.90 bits per heavy atom. The molecule has 0 radical (unpaired) electrons. The van der Waals surface area contributed by atoms with Gasteiger partial charge in [0, 0.05) is 11.6 Å². The zero-order chi connectivity index (χ0) is 15.0. The van der Waals surface area contributed by atoms with Gasteiger partial charge in [-0.25, -0.2) is 4.98 Å². The van der Waals surface area contributed by atoms with Crippen molar-refractivity contribution in [3.8, 4) is 0 Å². The topological polar surface area (TPSA) is 43.8 Å². The maximum absolute atomic E-state index is 6.09. The minimum atomic E-state index is -0.106. The van der Waals surface area contributed by atoms with Crippen LogP contribution in [0.2, 0.25) is 5.02 Å². The van der Waals surface area contributed by atoms with E-state index in [2.05, 4.69) is 29.7 Å². The number of hydrogen-bond acceptors (Lipinski definition) is 2. The van der Waals surface area contributed by atoms with E-state index in [9.17, 15) is 0 Å². The number of halogens is 1. The van der Waals surface area contributed by atoms with Crippen LogP contribution in [0.1, 0.15) is 29.9 Å². The predicted octanol–water partition coefficient (Wildman–Crippen LogP) is 4.07. The van der Waals surface area contributed by atoms with E-state index in [1.165, 1.54) is 11.1 Å². The van der Waals surface area contributed by atoms with Crippen molar-refractivity contribution in [2.45, 2.75) is 26.4 Å². The first kappa shape index (κ1) is 14.1. The van der Waals surface area contributed by atoms with E-state index < -0.39 is 0 Å². The van der Waals surface area contributed by atoms with Gasteiger partial charge in [-0.15, -0.1) is 0 Å². The molecule has 21 heavy (non-hydrogen) atoms. The van der Waals surface area contributed by atoms with Crippen LogP contribution in [-0.4, -0.2) is 9.55 Å². The molecule has 2 aromatic carbocycles. The predicted molar refractivity (Wildman–Crippen MR) is 87.6 cm³/mol. The SMILES string of the molecule is Cc1ccc2c(c1)nc(C(C)N)n2Cc1ccc(Cl)cc1. The molecule has 1 unspecified atom stereocenters. The van der Waals surface area contributed by atoms with Gasteiger partial charge in [0.05, 0.1) is 17.1 Å². The first-order chi connectivity index (χ1) is 10.0. The van der Waals surface area contributed by atoms with Gasteiger partial charge in [0.1, 0.15) is 5.82 Å². The van der Waals surface area contributed by atoms with E-state index in [0.29, 0.717) is 0 Å². The quantitative estimate of drug-likeness (QED) is 0.792. The summed E-state index contributed by atoms with van der Waals surface area (Å²) in [6.07, 6.45) is 0. The molecule has 0 saturated heterocycles. The molecule has 1 atom stereocenters. The maximum Gasteiger partial charge on any atom is 0.126 e. The number of aromatic nitrogens is 2. The zero-order valence-electron chi connectivity index (χ0n) is 12.2. The third kappa shape index (κ3) is 2.80. The molecule has 3 nitrogen and oxygen atoms in total. The van der Waals surface area contributed by atoms with Crippen LogP contribution >= 0.6 is 11.6 Å². The first-order valence-electron chi connectivity index (χ1n) is 7.01. The fourth-order valence-electron chi connectivity index (χ4n) is 2.54. The molecule has 3 aromatic rings. The van der Waals surface area contributed by atoms with Crippen LogP contribution in [0.25, 0.3) is 11.0 Å². The lowest BCUT2D eigenvalue weighted by Crippen LogP contribution is -2.14. The minimum Gasteiger partial charge on any atom is -0.322 e. The van der Waals surface area contributed by atoms with Crippen LogP contribution in [0.3, 0.4) is 0 Å². The molecule has 2 N–H and O–H groups in total. The second kappa shape index (κ2) is 5.51. The monoisotopic (exact) mass is 299 g/mol. The number of nitrogens with zero attached hydrogens (tertiary/aromatic N) is 2. The molecule has 3 rings (SSSR count). The van der Waals surface area contributed by atoms with Gasteiger partial charge in [-0.2, -0.15) is 0 Å². The Kier molecular flexibility index (Phi) is 3.70. The second-order valence-corrected chi connectivity index (χ2v) is 5.90. The lowest BCUT2D eigenvalue weighted by Gasteiger charge is -2.11. The molecule has 1 aromatic heterocycles. The van der Waals surface area contributed by atoms with Crippen molar-refractivity contribution in [2.24, 2.45) is 5.73 Å². The van der Waals surface area contributed by atoms with Crippen LogP contribution in [0, 0.1) is 6.92 Å². The van der Waals surface area contributed by atoms with Crippen molar-refractivity contribution in [3.05, 3.63) is 64.4 Å². The van der Waals surface area contributed by atoms with Crippen molar-refractivity contribution in [3.63, 3.8) is 0 Å². The summed E-state index contributed by atoms with van der Waals surface area (Å²) in [7, 11) is 0. The number of rotatable bonds is 3. The minimum absolute atomic E-state index is 0.106. The van der Waals surface area contributed by atoms with Crippen LogP contribution in [0.15, 0.2) is 42.5 Å². The Morgan fingerprint density at radius 3 is 2.57 bits per heavy atom. The van der Waals surface area contributed by atoms with Crippen LogP contribution in [0.4, 0.5) is 0 Å². The molecule has 0 aliphatic rings. The average Bonchev–Trinajstić information content (AvgIpc) is 2.79. The standard InChI is InChI=1S/C17H18ClN3/c1-11-3-8-16-15(9-11)20-17(12(2)19)21(16)10-13-4-6-14(18)7-5-13/h3-9,12H,10,19H2,1-2H3. The highest BCUT2D eigenvalue weighted by molar-refractivity contribution is 6.30. The van der Waals surface area contributed by atoms with Gasteiger partial charge in [-0.3, -0.25) is 0 Å². The normalized spacial score (nSPS) is 12.8. The summed E-state index contributed by atoms with van der Waals surface area (Å²) in [5.74, 6) is 0.908. The third-order valence-corrected chi connectivity index (χ3v) is 3.85. The van der Waals surface area contributed by atoms with Crippen LogP contribution in [-0.2, 0) is 6.54 Å². The van der Waals surface area contributed by atoms with Crippen LogP contribution < -0.4 is 5.73 Å². The number of aryl methyl sites for hydroxylation is 1. The van der Waals surface area contributed by atoms with Crippen molar-refractivity contribution in [2.75, 3.05) is 0 Å². The van der Waals surface area contributed by atoms with Gasteiger partial charge in [0.25, 0.3) is 0 Å². The van der Waals surface area contributed by atoms with E-state index in [4.69, 9.17) is 22.3 Å². The highest BCUT2D eigenvalue weighted by Gasteiger charge is 2.14. The Balaban J connectivity index is 2.10. The smallest absolute Gasteiger partial charge is 0.126 e. The molecule has 4 heteroatoms. The van der Waals surface area contributed by atoms with Gasteiger partial charge in [0.2, 0.25) is 0 Å². The molecule has 0 spiro atoms. The summed E-state index contributed by atoms with van der Waals surface area (Å²) in [6.45, 7) is 4.78. The van der Waals surface area contributed by atoms with Gasteiger partial charge < -0.3 is 10.3 Å². The molecule has 0 fully saturated rings. The Bertz CT molecular complexity index is 773. The average molecular weight is 300 g/mol. The van der Waals surface area contributed by atoms with Crippen molar-refractivity contribution in [1.29, 1.82) is 0 Å². The number of nitrogens with two attached hydrogens (primary N) is 1. The lowest BCUT2D eigenvalue weighted by molar-refractivity contribution is 0.664. The molecule has 0 amide bonds. The number of hydrogen-bond donors (Lipinski definition) is 1. The van der Waals surface area contributed by atoms with E-state index in [-0.39, 0.29) is 6.04 Å². The molecular formula is C17H18ClN3. The summed E-state index contributed by atoms with van der Waals surface area (Å²) < 4.78 is 2.18. The van der Waals surface area contributed by atoms with Crippen LogP contribution in [0.5, 0.6) is 0 Å². The molecule has 0 bridgehead atoms. The highest BCUT2D eigenvalue weighted by Crippen LogP contribution is 2.22. The summed E-state index contributed by atoms with van der Waals surface area (Å²) >= 11 is 5.95. The first-order valence-corrected chi connectivity index (χ1v) is 7.39. The highest BCUT2D eigenvalue weighted by atomic mass is 35.5. The second-order valence-electron chi connectivity index (χ2n) is 5.46. The van der Waals surface area contributed by atoms with Crippen molar-refractivity contribution >= 4 is 22.6 Å². The molecule has 0 aliphatic carbocycles. The molecule has 0 saturated carbocycles. The van der Waals surface area contributed by atoms with Gasteiger partial charge in [-0.05, 0) is 49.2 Å². The van der Waals surface area contributed by atoms with Gasteiger partial charge >= 0.3 is 0 Å². The largest absolute Gasteiger partial charge is 0.322 e. The Morgan fingerprint density at radius 1 is 1.19 bits per heavy atom.